The molecule has 2 aliphatic heterocycles. The van der Waals surface area contributed by atoms with Crippen LogP contribution in [-0.4, -0.2) is 48.4 Å². The van der Waals surface area contributed by atoms with Crippen LogP contribution < -0.4 is 10.1 Å². The summed E-state index contributed by atoms with van der Waals surface area (Å²) in [5.41, 5.74) is 0.758. The Bertz CT molecular complexity index is 1050. The van der Waals surface area contributed by atoms with Gasteiger partial charge < -0.3 is 14.6 Å². The van der Waals surface area contributed by atoms with Crippen LogP contribution in [0.15, 0.2) is 41.4 Å². The van der Waals surface area contributed by atoms with Crippen molar-refractivity contribution in [2.75, 3.05) is 13.2 Å². The highest BCUT2D eigenvalue weighted by Crippen LogP contribution is 2.35. The second kappa shape index (κ2) is 6.40. The Balaban J connectivity index is 1.54. The number of nitriles is 1. The van der Waals surface area contributed by atoms with E-state index in [0.717, 1.165) is 0 Å². The van der Waals surface area contributed by atoms with E-state index in [0.29, 0.717) is 23.4 Å². The van der Waals surface area contributed by atoms with E-state index in [-0.39, 0.29) is 36.0 Å². The number of nitrogens with one attached hydrogen (secondary N) is 1. The summed E-state index contributed by atoms with van der Waals surface area (Å²) >= 11 is 0. The average Bonchev–Trinajstić information content (AvgIpc) is 3.21. The molecule has 0 saturated carbocycles. The van der Waals surface area contributed by atoms with Crippen LogP contribution in [0.2, 0.25) is 0 Å². The Kier molecular flexibility index (Phi) is 4.17. The van der Waals surface area contributed by atoms with Gasteiger partial charge in [0.15, 0.2) is 0 Å². The van der Waals surface area contributed by atoms with Crippen molar-refractivity contribution in [1.29, 1.82) is 5.26 Å². The molecule has 1 amide bonds. The summed E-state index contributed by atoms with van der Waals surface area (Å²) < 4.78 is 34.7. The van der Waals surface area contributed by atoms with Gasteiger partial charge in [-0.15, -0.1) is 0 Å². The van der Waals surface area contributed by atoms with Crippen LogP contribution in [0.4, 0.5) is 0 Å². The van der Waals surface area contributed by atoms with E-state index >= 15 is 0 Å². The molecule has 4 rings (SSSR count). The highest BCUT2D eigenvalue weighted by Gasteiger charge is 2.44. The van der Waals surface area contributed by atoms with Crippen molar-refractivity contribution in [2.24, 2.45) is 7.05 Å². The predicted molar refractivity (Wildman–Crippen MR) is 95.6 cm³/mol. The average molecular weight is 386 g/mol. The molecule has 2 aliphatic rings. The maximum Gasteiger partial charge on any atom is 0.268 e. The van der Waals surface area contributed by atoms with Gasteiger partial charge in [0.2, 0.25) is 10.0 Å². The summed E-state index contributed by atoms with van der Waals surface area (Å²) in [6.45, 7) is 0.428. The Morgan fingerprint density at radius 2 is 2.15 bits per heavy atom. The van der Waals surface area contributed by atoms with E-state index < -0.39 is 10.0 Å². The SMILES string of the molecule is Cn1cc(C#N)cc1C(=O)N[C@H]1C[C@H]2COc3ccccc3S(=O)(=O)N2C1. The van der Waals surface area contributed by atoms with E-state index in [9.17, 15) is 13.2 Å². The van der Waals surface area contributed by atoms with E-state index in [4.69, 9.17) is 10.00 Å². The standard InChI is InChI=1S/C18H18N4O4S/c1-21-9-12(8-19)6-15(21)18(23)20-13-7-14-11-26-16-4-2-3-5-17(16)27(24,25)22(14)10-13/h2-6,9,13-14H,7,10-11H2,1H3,(H,20,23)/t13-,14-/m0/s1. The normalized spacial score (nSPS) is 23.4. The molecule has 1 aromatic heterocycles. The number of carbonyl (C=O) groups is 1. The number of amides is 1. The van der Waals surface area contributed by atoms with Crippen molar-refractivity contribution in [2.45, 2.75) is 23.4 Å². The number of para-hydroxylation sites is 1. The van der Waals surface area contributed by atoms with Crippen molar-refractivity contribution >= 4 is 15.9 Å². The molecular weight excluding hydrogens is 368 g/mol. The quantitative estimate of drug-likeness (QED) is 0.824. The lowest BCUT2D eigenvalue weighted by Gasteiger charge is -2.19. The first-order valence-electron chi connectivity index (χ1n) is 8.51. The third-order valence-electron chi connectivity index (χ3n) is 4.93. The second-order valence-electron chi connectivity index (χ2n) is 6.73. The van der Waals surface area contributed by atoms with Gasteiger partial charge in [-0.1, -0.05) is 12.1 Å². The van der Waals surface area contributed by atoms with Gasteiger partial charge in [-0.05, 0) is 24.6 Å². The van der Waals surface area contributed by atoms with Crippen LogP contribution in [0.5, 0.6) is 5.75 Å². The lowest BCUT2D eigenvalue weighted by molar-refractivity contribution is 0.0930. The van der Waals surface area contributed by atoms with Gasteiger partial charge in [0, 0.05) is 25.8 Å². The van der Waals surface area contributed by atoms with Gasteiger partial charge in [0.05, 0.1) is 11.6 Å². The number of benzene rings is 1. The number of fused-ring (bicyclic) bond motifs is 2. The van der Waals surface area contributed by atoms with Gasteiger partial charge in [-0.2, -0.15) is 9.57 Å². The monoisotopic (exact) mass is 386 g/mol. The first-order valence-corrected chi connectivity index (χ1v) is 9.95. The van der Waals surface area contributed by atoms with E-state index in [1.807, 2.05) is 6.07 Å². The minimum atomic E-state index is -3.69. The molecule has 1 N–H and O–H groups in total. The molecule has 0 spiro atoms. The molecule has 1 saturated heterocycles. The smallest absolute Gasteiger partial charge is 0.268 e. The first-order chi connectivity index (χ1) is 12.9. The first kappa shape index (κ1) is 17.6. The molecule has 0 unspecified atom stereocenters. The van der Waals surface area contributed by atoms with E-state index in [1.165, 1.54) is 16.4 Å². The molecule has 3 heterocycles. The lowest BCUT2D eigenvalue weighted by atomic mass is 10.2. The summed E-state index contributed by atoms with van der Waals surface area (Å²) in [5.74, 6) is 0.0284. The lowest BCUT2D eigenvalue weighted by Crippen LogP contribution is -2.39. The van der Waals surface area contributed by atoms with Crippen LogP contribution in [0.25, 0.3) is 0 Å². The number of aryl methyl sites for hydroxylation is 1. The topological polar surface area (TPSA) is 104 Å². The molecule has 27 heavy (non-hydrogen) atoms. The fraction of sp³-hybridized carbons (Fsp3) is 0.333. The van der Waals surface area contributed by atoms with Crippen LogP contribution in [-0.2, 0) is 17.1 Å². The number of nitrogens with zero attached hydrogens (tertiary/aromatic N) is 3. The summed E-state index contributed by atoms with van der Waals surface area (Å²) in [6, 6.07) is 9.43. The maximum absolute atomic E-state index is 13.0. The highest BCUT2D eigenvalue weighted by atomic mass is 32.2. The number of rotatable bonds is 2. The third-order valence-corrected chi connectivity index (χ3v) is 6.89. The molecule has 8 nitrogen and oxygen atoms in total. The Hall–Kier alpha value is -2.83. The van der Waals surface area contributed by atoms with E-state index in [1.54, 1.807) is 36.0 Å². The van der Waals surface area contributed by atoms with Crippen LogP contribution in [0.1, 0.15) is 22.5 Å². The molecule has 140 valence electrons. The molecule has 1 aromatic carbocycles. The van der Waals surface area contributed by atoms with Crippen molar-refractivity contribution in [3.8, 4) is 11.8 Å². The van der Waals surface area contributed by atoms with Crippen LogP contribution in [0.3, 0.4) is 0 Å². The zero-order chi connectivity index (χ0) is 19.2. The summed E-state index contributed by atoms with van der Waals surface area (Å²) in [7, 11) is -2.00. The fourth-order valence-electron chi connectivity index (χ4n) is 3.64. The largest absolute Gasteiger partial charge is 0.490 e. The number of sulfonamides is 1. The predicted octanol–water partition coefficient (Wildman–Crippen LogP) is 0.851. The van der Waals surface area contributed by atoms with Crippen LogP contribution in [0, 0.1) is 11.3 Å². The molecular formula is C18H18N4O4S. The molecule has 2 aromatic rings. The molecule has 0 bridgehead atoms. The molecule has 2 atom stereocenters. The number of aromatic nitrogens is 1. The Morgan fingerprint density at radius 1 is 1.37 bits per heavy atom. The fourth-order valence-corrected chi connectivity index (χ4v) is 5.44. The van der Waals surface area contributed by atoms with Gasteiger partial charge in [-0.3, -0.25) is 4.79 Å². The zero-order valence-corrected chi connectivity index (χ0v) is 15.4. The summed E-state index contributed by atoms with van der Waals surface area (Å²) in [4.78, 5) is 12.7. The molecule has 0 radical (unpaired) electrons. The van der Waals surface area contributed by atoms with Crippen molar-refractivity contribution in [3.63, 3.8) is 0 Å². The van der Waals surface area contributed by atoms with Crippen molar-refractivity contribution in [3.05, 3.63) is 47.8 Å². The maximum atomic E-state index is 13.0. The third kappa shape index (κ3) is 2.97. The second-order valence-corrected chi connectivity index (χ2v) is 8.59. The van der Waals surface area contributed by atoms with E-state index in [2.05, 4.69) is 5.32 Å². The molecule has 1 fully saturated rings. The van der Waals surface area contributed by atoms with Crippen molar-refractivity contribution in [1.82, 2.24) is 14.2 Å². The summed E-state index contributed by atoms with van der Waals surface area (Å²) in [6.07, 6.45) is 2.04. The van der Waals surface area contributed by atoms with Gasteiger partial charge in [0.25, 0.3) is 5.91 Å². The minimum Gasteiger partial charge on any atom is -0.490 e. The number of carbonyl (C=O) groups excluding carboxylic acids is 1. The van der Waals surface area contributed by atoms with Crippen LogP contribution >= 0.6 is 0 Å². The van der Waals surface area contributed by atoms with Gasteiger partial charge >= 0.3 is 0 Å². The molecule has 9 heteroatoms. The Morgan fingerprint density at radius 3 is 2.89 bits per heavy atom. The minimum absolute atomic E-state index is 0.153. The van der Waals surface area contributed by atoms with Gasteiger partial charge in [-0.25, -0.2) is 8.42 Å². The molecule has 0 aliphatic carbocycles. The number of hydrogen-bond acceptors (Lipinski definition) is 5. The number of hydrogen-bond donors (Lipinski definition) is 1. The Labute approximate surface area is 157 Å². The zero-order valence-electron chi connectivity index (χ0n) is 14.6. The van der Waals surface area contributed by atoms with Gasteiger partial charge in [0.1, 0.15) is 29.0 Å². The number of ether oxygens (including phenoxy) is 1. The highest BCUT2D eigenvalue weighted by molar-refractivity contribution is 7.89. The summed E-state index contributed by atoms with van der Waals surface area (Å²) in [5, 5.41) is 11.8. The van der Waals surface area contributed by atoms with Crippen molar-refractivity contribution < 1.29 is 17.9 Å².